The molecular formula is C15H15FINO. The molecule has 4 heteroatoms. The summed E-state index contributed by atoms with van der Waals surface area (Å²) in [5, 5.41) is 3.35. The molecule has 0 aliphatic rings. The summed E-state index contributed by atoms with van der Waals surface area (Å²) in [4.78, 5) is 0. The number of halogens is 2. The van der Waals surface area contributed by atoms with Crippen molar-refractivity contribution >= 4 is 28.3 Å². The number of rotatable bonds is 4. The van der Waals surface area contributed by atoms with Crippen molar-refractivity contribution in [3.05, 3.63) is 57.4 Å². The third-order valence-corrected chi connectivity index (χ3v) is 3.55. The van der Waals surface area contributed by atoms with Crippen molar-refractivity contribution < 1.29 is 9.13 Å². The van der Waals surface area contributed by atoms with Gasteiger partial charge in [0.2, 0.25) is 0 Å². The van der Waals surface area contributed by atoms with Crippen molar-refractivity contribution in [2.45, 2.75) is 13.0 Å². The maximum absolute atomic E-state index is 13.7. The lowest BCUT2D eigenvalue weighted by Crippen LogP contribution is -2.07. The average Bonchev–Trinajstić information content (AvgIpc) is 2.38. The van der Waals surface area contributed by atoms with Crippen LogP contribution in [0.15, 0.2) is 42.5 Å². The minimum atomic E-state index is -0.337. The van der Waals surface area contributed by atoms with Crippen LogP contribution in [0.25, 0.3) is 0 Å². The minimum Gasteiger partial charge on any atom is -0.494 e. The fraction of sp³-hybridized carbons (Fsp3) is 0.200. The van der Waals surface area contributed by atoms with Crippen LogP contribution >= 0.6 is 22.6 Å². The topological polar surface area (TPSA) is 21.3 Å². The predicted molar refractivity (Wildman–Crippen MR) is 84.1 cm³/mol. The van der Waals surface area contributed by atoms with E-state index in [1.165, 1.54) is 13.2 Å². The smallest absolute Gasteiger partial charge is 0.165 e. The Morgan fingerprint density at radius 1 is 1.21 bits per heavy atom. The fourth-order valence-electron chi connectivity index (χ4n) is 1.86. The van der Waals surface area contributed by atoms with Gasteiger partial charge in [-0.3, -0.25) is 0 Å². The Balaban J connectivity index is 2.15. The molecule has 2 aromatic carbocycles. The van der Waals surface area contributed by atoms with Crippen molar-refractivity contribution in [3.8, 4) is 5.75 Å². The third-order valence-electron chi connectivity index (χ3n) is 2.88. The molecular weight excluding hydrogens is 356 g/mol. The number of hydrogen-bond acceptors (Lipinski definition) is 2. The second-order valence-electron chi connectivity index (χ2n) is 4.27. The van der Waals surface area contributed by atoms with Gasteiger partial charge < -0.3 is 10.1 Å². The van der Waals surface area contributed by atoms with Crippen molar-refractivity contribution in [3.63, 3.8) is 0 Å². The minimum absolute atomic E-state index is 0.0265. The molecule has 0 amide bonds. The normalized spacial score (nSPS) is 12.0. The number of nitrogens with one attached hydrogen (secondary N) is 1. The molecule has 0 saturated carbocycles. The maximum atomic E-state index is 13.7. The molecule has 2 aromatic rings. The van der Waals surface area contributed by atoms with Crippen LogP contribution in [0.1, 0.15) is 18.5 Å². The summed E-state index contributed by atoms with van der Waals surface area (Å²) in [5.74, 6) is -0.0681. The first-order valence-electron chi connectivity index (χ1n) is 5.95. The van der Waals surface area contributed by atoms with Gasteiger partial charge in [-0.15, -0.1) is 0 Å². The van der Waals surface area contributed by atoms with E-state index in [0.717, 1.165) is 14.8 Å². The zero-order valence-corrected chi connectivity index (χ0v) is 12.9. The van der Waals surface area contributed by atoms with E-state index in [-0.39, 0.29) is 17.6 Å². The Morgan fingerprint density at radius 3 is 2.63 bits per heavy atom. The van der Waals surface area contributed by atoms with E-state index in [2.05, 4.69) is 34.0 Å². The SMILES string of the molecule is COc1ccc(C(C)Nc2cccc(I)c2)cc1F. The molecule has 100 valence electrons. The molecule has 2 nitrogen and oxygen atoms in total. The largest absolute Gasteiger partial charge is 0.494 e. The molecule has 19 heavy (non-hydrogen) atoms. The average molecular weight is 371 g/mol. The third kappa shape index (κ3) is 3.59. The molecule has 0 saturated heterocycles. The highest BCUT2D eigenvalue weighted by Crippen LogP contribution is 2.24. The molecule has 0 spiro atoms. The Kier molecular flexibility index (Phi) is 4.63. The summed E-state index contributed by atoms with van der Waals surface area (Å²) < 4.78 is 19.7. The Hall–Kier alpha value is -1.30. The highest BCUT2D eigenvalue weighted by Gasteiger charge is 2.09. The molecule has 1 atom stereocenters. The van der Waals surface area contributed by atoms with Gasteiger partial charge in [0.15, 0.2) is 11.6 Å². The van der Waals surface area contributed by atoms with Crippen LogP contribution in [-0.4, -0.2) is 7.11 Å². The fourth-order valence-corrected chi connectivity index (χ4v) is 2.41. The van der Waals surface area contributed by atoms with Crippen LogP contribution in [0, 0.1) is 9.39 Å². The predicted octanol–water partition coefficient (Wildman–Crippen LogP) is 4.61. The Labute approximate surface area is 126 Å². The molecule has 0 heterocycles. The van der Waals surface area contributed by atoms with Crippen LogP contribution in [0.2, 0.25) is 0 Å². The molecule has 1 unspecified atom stereocenters. The monoisotopic (exact) mass is 371 g/mol. The van der Waals surface area contributed by atoms with Crippen LogP contribution in [-0.2, 0) is 0 Å². The zero-order chi connectivity index (χ0) is 13.8. The summed E-state index contributed by atoms with van der Waals surface area (Å²) in [6.45, 7) is 2.00. The summed E-state index contributed by atoms with van der Waals surface area (Å²) in [6, 6.07) is 13.1. The molecule has 0 fully saturated rings. The second-order valence-corrected chi connectivity index (χ2v) is 5.52. The van der Waals surface area contributed by atoms with Gasteiger partial charge in [0, 0.05) is 15.3 Å². The molecule has 1 N–H and O–H groups in total. The number of benzene rings is 2. The van der Waals surface area contributed by atoms with Gasteiger partial charge in [-0.25, -0.2) is 4.39 Å². The van der Waals surface area contributed by atoms with E-state index in [4.69, 9.17) is 4.74 Å². The van der Waals surface area contributed by atoms with E-state index in [9.17, 15) is 4.39 Å². The van der Waals surface area contributed by atoms with Gasteiger partial charge in [-0.1, -0.05) is 12.1 Å². The molecule has 0 radical (unpaired) electrons. The van der Waals surface area contributed by atoms with Crippen LogP contribution in [0.5, 0.6) is 5.75 Å². The van der Waals surface area contributed by atoms with Crippen LogP contribution < -0.4 is 10.1 Å². The van der Waals surface area contributed by atoms with Crippen molar-refractivity contribution in [2.75, 3.05) is 12.4 Å². The van der Waals surface area contributed by atoms with E-state index in [1.807, 2.05) is 31.2 Å². The van der Waals surface area contributed by atoms with Crippen LogP contribution in [0.4, 0.5) is 10.1 Å². The number of ether oxygens (including phenoxy) is 1. The Bertz CT molecular complexity index is 574. The lowest BCUT2D eigenvalue weighted by Gasteiger charge is -2.16. The quantitative estimate of drug-likeness (QED) is 0.793. The highest BCUT2D eigenvalue weighted by atomic mass is 127. The van der Waals surface area contributed by atoms with Gasteiger partial charge in [0.05, 0.1) is 7.11 Å². The van der Waals surface area contributed by atoms with Gasteiger partial charge in [0.25, 0.3) is 0 Å². The second kappa shape index (κ2) is 6.23. The first-order valence-corrected chi connectivity index (χ1v) is 7.03. The van der Waals surface area contributed by atoms with Gasteiger partial charge in [-0.2, -0.15) is 0 Å². The zero-order valence-electron chi connectivity index (χ0n) is 10.8. The number of hydrogen-bond donors (Lipinski definition) is 1. The summed E-state index contributed by atoms with van der Waals surface area (Å²) in [7, 11) is 1.46. The van der Waals surface area contributed by atoms with Gasteiger partial charge >= 0.3 is 0 Å². The molecule has 2 rings (SSSR count). The van der Waals surface area contributed by atoms with E-state index in [0.29, 0.717) is 0 Å². The highest BCUT2D eigenvalue weighted by molar-refractivity contribution is 14.1. The maximum Gasteiger partial charge on any atom is 0.165 e. The molecule has 0 aromatic heterocycles. The summed E-state index contributed by atoms with van der Waals surface area (Å²) in [6.07, 6.45) is 0. The van der Waals surface area contributed by atoms with E-state index >= 15 is 0 Å². The van der Waals surface area contributed by atoms with E-state index < -0.39 is 0 Å². The molecule has 0 bridgehead atoms. The Morgan fingerprint density at radius 2 is 2.00 bits per heavy atom. The van der Waals surface area contributed by atoms with E-state index in [1.54, 1.807) is 6.07 Å². The van der Waals surface area contributed by atoms with Gasteiger partial charge in [-0.05, 0) is 65.4 Å². The number of methoxy groups -OCH3 is 1. The molecule has 0 aliphatic carbocycles. The van der Waals surface area contributed by atoms with Crippen molar-refractivity contribution in [2.24, 2.45) is 0 Å². The lowest BCUT2D eigenvalue weighted by atomic mass is 10.1. The number of anilines is 1. The van der Waals surface area contributed by atoms with Crippen LogP contribution in [0.3, 0.4) is 0 Å². The van der Waals surface area contributed by atoms with Gasteiger partial charge in [0.1, 0.15) is 0 Å². The lowest BCUT2D eigenvalue weighted by molar-refractivity contribution is 0.386. The molecule has 0 aliphatic heterocycles. The summed E-state index contributed by atoms with van der Waals surface area (Å²) >= 11 is 2.26. The standard InChI is InChI=1S/C15H15FINO/c1-10(18-13-5-3-4-12(17)9-13)11-6-7-15(19-2)14(16)8-11/h3-10,18H,1-2H3. The summed E-state index contributed by atoms with van der Waals surface area (Å²) in [5.41, 5.74) is 1.91. The van der Waals surface area contributed by atoms with Crippen molar-refractivity contribution in [1.29, 1.82) is 0 Å². The first kappa shape index (κ1) is 14.1. The first-order chi connectivity index (χ1) is 9.10. The van der Waals surface area contributed by atoms with Crippen molar-refractivity contribution in [1.82, 2.24) is 0 Å².